The van der Waals surface area contributed by atoms with Crippen molar-refractivity contribution < 1.29 is 8.42 Å². The van der Waals surface area contributed by atoms with E-state index in [0.29, 0.717) is 5.02 Å². The lowest BCUT2D eigenvalue weighted by molar-refractivity contribution is 0.614. The van der Waals surface area contributed by atoms with Crippen LogP contribution in [0.4, 0.5) is 5.69 Å². The van der Waals surface area contributed by atoms with Crippen LogP contribution in [0.3, 0.4) is 0 Å². The molecule has 6 heteroatoms. The normalized spacial score (nSPS) is 11.2. The van der Waals surface area contributed by atoms with E-state index >= 15 is 0 Å². The number of hydrogen-bond donors (Lipinski definition) is 1. The van der Waals surface area contributed by atoms with E-state index in [-0.39, 0.29) is 5.69 Å². The third kappa shape index (κ3) is 2.89. The van der Waals surface area contributed by atoms with E-state index in [4.69, 9.17) is 22.3 Å². The minimum atomic E-state index is -3.76. The highest BCUT2D eigenvalue weighted by molar-refractivity contribution is 8.14. The van der Waals surface area contributed by atoms with E-state index in [9.17, 15) is 8.42 Å². The van der Waals surface area contributed by atoms with Crippen LogP contribution in [0, 0.1) is 0 Å². The molecule has 1 rings (SSSR count). The molecule has 0 radical (unpaired) electrons. The Hall–Kier alpha value is -0.450. The van der Waals surface area contributed by atoms with Crippen molar-refractivity contribution in [2.24, 2.45) is 0 Å². The van der Waals surface area contributed by atoms with E-state index < -0.39 is 9.24 Å². The Morgan fingerprint density at radius 1 is 1.25 bits per heavy atom. The van der Waals surface area contributed by atoms with Gasteiger partial charge >= 0.3 is 9.24 Å². The molecule has 0 amide bonds. The number of halogens is 2. The Morgan fingerprint density at radius 3 is 2.33 bits per heavy atom. The molecule has 1 aromatic rings. The van der Waals surface area contributed by atoms with Crippen LogP contribution < -0.4 is 4.72 Å². The Morgan fingerprint density at radius 2 is 1.83 bits per heavy atom. The first-order valence-corrected chi connectivity index (χ1v) is 5.65. The van der Waals surface area contributed by atoms with Gasteiger partial charge in [0.2, 0.25) is 0 Å². The summed E-state index contributed by atoms with van der Waals surface area (Å²) in [6, 6.07) is 6.42. The molecule has 0 aliphatic rings. The summed E-state index contributed by atoms with van der Waals surface area (Å²) in [6.45, 7) is 0. The maximum absolute atomic E-state index is 10.5. The van der Waals surface area contributed by atoms with Gasteiger partial charge in [0.25, 0.3) is 0 Å². The highest BCUT2D eigenvalue weighted by Gasteiger charge is 2.06. The molecule has 12 heavy (non-hydrogen) atoms. The van der Waals surface area contributed by atoms with Crippen LogP contribution in [-0.2, 0) is 9.24 Å². The van der Waals surface area contributed by atoms with Gasteiger partial charge < -0.3 is 0 Å². The van der Waals surface area contributed by atoms with Crippen LogP contribution in [0.25, 0.3) is 0 Å². The summed E-state index contributed by atoms with van der Waals surface area (Å²) in [6.07, 6.45) is 0. The average molecular weight is 226 g/mol. The topological polar surface area (TPSA) is 46.2 Å². The predicted molar refractivity (Wildman–Crippen MR) is 49.8 cm³/mol. The number of nitrogens with one attached hydrogen (secondary N) is 1. The second-order valence-electron chi connectivity index (χ2n) is 2.02. The second-order valence-corrected chi connectivity index (χ2v) is 4.73. The fourth-order valence-corrected chi connectivity index (χ4v) is 1.60. The maximum atomic E-state index is 10.5. The maximum Gasteiger partial charge on any atom is 0.319 e. The molecule has 66 valence electrons. The number of benzene rings is 1. The first-order valence-electron chi connectivity index (χ1n) is 2.96. The lowest BCUT2D eigenvalue weighted by atomic mass is 10.3. The minimum absolute atomic E-state index is 0.272. The molecule has 0 saturated heterocycles. The molecule has 0 saturated carbocycles. The Kier molecular flexibility index (Phi) is 2.82. The van der Waals surface area contributed by atoms with Gasteiger partial charge in [-0.3, -0.25) is 4.72 Å². The van der Waals surface area contributed by atoms with Crippen LogP contribution in [-0.4, -0.2) is 8.42 Å². The monoisotopic (exact) mass is 225 g/mol. The van der Waals surface area contributed by atoms with Crippen molar-refractivity contribution in [3.63, 3.8) is 0 Å². The summed E-state index contributed by atoms with van der Waals surface area (Å²) in [5.74, 6) is 0. The van der Waals surface area contributed by atoms with Gasteiger partial charge in [-0.05, 0) is 12.1 Å². The van der Waals surface area contributed by atoms with E-state index in [0.717, 1.165) is 0 Å². The van der Waals surface area contributed by atoms with Gasteiger partial charge in [-0.15, -0.1) is 0 Å². The predicted octanol–water partition coefficient (Wildman–Crippen LogP) is 2.24. The fraction of sp³-hybridized carbons (Fsp3) is 0. The van der Waals surface area contributed by atoms with Crippen LogP contribution in [0.1, 0.15) is 0 Å². The Balaban J connectivity index is 2.98. The van der Waals surface area contributed by atoms with Gasteiger partial charge in [0.1, 0.15) is 0 Å². The van der Waals surface area contributed by atoms with Crippen molar-refractivity contribution in [3.8, 4) is 0 Å². The zero-order chi connectivity index (χ0) is 9.19. The van der Waals surface area contributed by atoms with E-state index in [1.54, 1.807) is 18.2 Å². The van der Waals surface area contributed by atoms with Crippen LogP contribution in [0.15, 0.2) is 24.3 Å². The van der Waals surface area contributed by atoms with Crippen molar-refractivity contribution in [2.45, 2.75) is 0 Å². The molecule has 0 spiro atoms. The lowest BCUT2D eigenvalue weighted by Gasteiger charge is -2.02. The van der Waals surface area contributed by atoms with Crippen LogP contribution >= 0.6 is 22.3 Å². The average Bonchev–Trinajstić information content (AvgIpc) is 1.91. The van der Waals surface area contributed by atoms with Crippen molar-refractivity contribution in [2.75, 3.05) is 4.72 Å². The van der Waals surface area contributed by atoms with E-state index in [1.807, 2.05) is 0 Å². The minimum Gasteiger partial charge on any atom is -0.269 e. The fourth-order valence-electron chi connectivity index (χ4n) is 0.675. The highest BCUT2D eigenvalue weighted by atomic mass is 35.7. The first kappa shape index (κ1) is 9.64. The molecule has 0 bridgehead atoms. The van der Waals surface area contributed by atoms with Gasteiger partial charge in [0, 0.05) is 10.7 Å². The summed E-state index contributed by atoms with van der Waals surface area (Å²) >= 11 is 5.64. The highest BCUT2D eigenvalue weighted by Crippen LogP contribution is 2.22. The lowest BCUT2D eigenvalue weighted by Crippen LogP contribution is -2.04. The standard InChI is InChI=1S/C6H5Cl2NO2S/c7-5-3-1-2-4-6(5)9-12(8,10)11/h1-4,9H. The molecular formula is C6H5Cl2NO2S. The SMILES string of the molecule is O=S(=O)(Cl)Nc1ccccc1Cl. The summed E-state index contributed by atoms with van der Waals surface area (Å²) in [4.78, 5) is 0. The van der Waals surface area contributed by atoms with Gasteiger partial charge in [-0.25, -0.2) is 0 Å². The summed E-state index contributed by atoms with van der Waals surface area (Å²) < 4.78 is 23.2. The molecule has 0 atom stereocenters. The second kappa shape index (κ2) is 3.51. The molecular weight excluding hydrogens is 221 g/mol. The number of hydrogen-bond acceptors (Lipinski definition) is 2. The zero-order valence-electron chi connectivity index (χ0n) is 5.79. The molecule has 1 aromatic carbocycles. The summed E-state index contributed by atoms with van der Waals surface area (Å²) in [5.41, 5.74) is 0.272. The molecule has 0 heterocycles. The molecule has 1 N–H and O–H groups in total. The van der Waals surface area contributed by atoms with E-state index in [1.165, 1.54) is 6.07 Å². The number of anilines is 1. The van der Waals surface area contributed by atoms with Gasteiger partial charge in [-0.2, -0.15) is 8.42 Å². The van der Waals surface area contributed by atoms with Gasteiger partial charge in [0.05, 0.1) is 10.7 Å². The Labute approximate surface area is 79.9 Å². The quantitative estimate of drug-likeness (QED) is 0.786. The molecule has 0 unspecified atom stereocenters. The van der Waals surface area contributed by atoms with Crippen molar-refractivity contribution in [1.82, 2.24) is 0 Å². The van der Waals surface area contributed by atoms with Crippen molar-refractivity contribution in [3.05, 3.63) is 29.3 Å². The summed E-state index contributed by atoms with van der Waals surface area (Å²) in [7, 11) is 1.18. The first-order chi connectivity index (χ1) is 5.49. The largest absolute Gasteiger partial charge is 0.319 e. The van der Waals surface area contributed by atoms with Crippen LogP contribution in [0.2, 0.25) is 5.02 Å². The molecule has 3 nitrogen and oxygen atoms in total. The Bertz CT molecular complexity index is 377. The zero-order valence-corrected chi connectivity index (χ0v) is 8.12. The molecule has 0 aliphatic carbocycles. The summed E-state index contributed by atoms with van der Waals surface area (Å²) in [5, 5.41) is 0.307. The van der Waals surface area contributed by atoms with Gasteiger partial charge in [-0.1, -0.05) is 23.7 Å². The van der Waals surface area contributed by atoms with E-state index in [2.05, 4.69) is 4.72 Å². The molecule has 0 fully saturated rings. The third-order valence-corrected chi connectivity index (χ3v) is 2.13. The third-order valence-electron chi connectivity index (χ3n) is 1.11. The number of para-hydroxylation sites is 1. The molecule has 0 aromatic heterocycles. The van der Waals surface area contributed by atoms with Gasteiger partial charge in [0.15, 0.2) is 0 Å². The molecule has 0 aliphatic heterocycles. The van der Waals surface area contributed by atoms with Crippen molar-refractivity contribution >= 4 is 37.2 Å². The van der Waals surface area contributed by atoms with Crippen molar-refractivity contribution in [1.29, 1.82) is 0 Å². The number of rotatable bonds is 2. The van der Waals surface area contributed by atoms with Crippen LogP contribution in [0.5, 0.6) is 0 Å². The smallest absolute Gasteiger partial charge is 0.269 e.